The number of rotatable bonds is 5. The summed E-state index contributed by atoms with van der Waals surface area (Å²) in [7, 11) is 0. The van der Waals surface area contributed by atoms with Crippen LogP contribution in [-0.2, 0) is 13.0 Å². The molecular formula is C12H15N5O. The van der Waals surface area contributed by atoms with Crippen molar-refractivity contribution in [2.75, 3.05) is 17.7 Å². The number of aliphatic hydroxyl groups excluding tert-OH is 1. The first-order chi connectivity index (χ1) is 8.78. The molecule has 6 nitrogen and oxygen atoms in total. The van der Waals surface area contributed by atoms with Gasteiger partial charge in [0, 0.05) is 13.0 Å². The van der Waals surface area contributed by atoms with Crippen LogP contribution in [0.5, 0.6) is 0 Å². The summed E-state index contributed by atoms with van der Waals surface area (Å²) < 4.78 is 0. The predicted molar refractivity (Wildman–Crippen MR) is 68.8 cm³/mol. The van der Waals surface area contributed by atoms with E-state index >= 15 is 0 Å². The Bertz CT molecular complexity index is 503. The number of nitrogens with two attached hydrogens (primary N) is 1. The highest BCUT2D eigenvalue weighted by Crippen LogP contribution is 2.06. The van der Waals surface area contributed by atoms with Gasteiger partial charge in [-0.05, 0) is 5.56 Å². The van der Waals surface area contributed by atoms with E-state index in [0.717, 1.165) is 5.56 Å². The summed E-state index contributed by atoms with van der Waals surface area (Å²) in [6.07, 6.45) is 0.368. The molecule has 1 aromatic heterocycles. The van der Waals surface area contributed by atoms with E-state index in [4.69, 9.17) is 10.8 Å². The number of aliphatic hydroxyl groups is 1. The Labute approximate surface area is 105 Å². The Morgan fingerprint density at radius 3 is 2.61 bits per heavy atom. The largest absolute Gasteiger partial charge is 0.396 e. The maximum Gasteiger partial charge on any atom is 0.228 e. The monoisotopic (exact) mass is 245 g/mol. The summed E-state index contributed by atoms with van der Waals surface area (Å²) in [5, 5.41) is 11.9. The Hall–Kier alpha value is -2.21. The van der Waals surface area contributed by atoms with Crippen LogP contribution in [0.4, 0.5) is 11.9 Å². The Balaban J connectivity index is 2.05. The minimum absolute atomic E-state index is 0.0123. The second-order valence-corrected chi connectivity index (χ2v) is 3.75. The third-order valence-corrected chi connectivity index (χ3v) is 2.33. The highest BCUT2D eigenvalue weighted by Gasteiger charge is 2.03. The quantitative estimate of drug-likeness (QED) is 0.713. The summed E-state index contributed by atoms with van der Waals surface area (Å²) in [6, 6.07) is 9.91. The maximum absolute atomic E-state index is 8.85. The first-order valence-corrected chi connectivity index (χ1v) is 5.67. The van der Waals surface area contributed by atoms with Crippen LogP contribution >= 0.6 is 0 Å². The van der Waals surface area contributed by atoms with Crippen LogP contribution in [-0.4, -0.2) is 26.7 Å². The lowest BCUT2D eigenvalue weighted by Crippen LogP contribution is -2.10. The van der Waals surface area contributed by atoms with Gasteiger partial charge in [-0.15, -0.1) is 0 Å². The number of benzene rings is 1. The smallest absolute Gasteiger partial charge is 0.228 e. The van der Waals surface area contributed by atoms with Gasteiger partial charge in [0.25, 0.3) is 0 Å². The molecule has 2 aromatic rings. The number of nitrogens with one attached hydrogen (secondary N) is 1. The molecule has 0 unspecified atom stereocenters. The van der Waals surface area contributed by atoms with Crippen molar-refractivity contribution < 1.29 is 5.11 Å². The van der Waals surface area contributed by atoms with Crippen molar-refractivity contribution in [2.24, 2.45) is 0 Å². The van der Waals surface area contributed by atoms with Gasteiger partial charge < -0.3 is 16.2 Å². The van der Waals surface area contributed by atoms with Gasteiger partial charge in [-0.2, -0.15) is 15.0 Å². The van der Waals surface area contributed by atoms with Crippen LogP contribution in [0.25, 0.3) is 0 Å². The zero-order valence-corrected chi connectivity index (χ0v) is 9.87. The van der Waals surface area contributed by atoms with E-state index < -0.39 is 0 Å². The molecular weight excluding hydrogens is 230 g/mol. The minimum Gasteiger partial charge on any atom is -0.396 e. The minimum atomic E-state index is -0.0123. The number of aromatic nitrogens is 3. The van der Waals surface area contributed by atoms with Gasteiger partial charge in [-0.25, -0.2) is 0 Å². The Kier molecular flexibility index (Phi) is 4.03. The summed E-state index contributed by atoms with van der Waals surface area (Å²) >= 11 is 0. The topological polar surface area (TPSA) is 97.0 Å². The predicted octanol–water partition coefficient (Wildman–Crippen LogP) is 0.601. The molecule has 0 saturated carbocycles. The third-order valence-electron chi connectivity index (χ3n) is 2.33. The van der Waals surface area contributed by atoms with Crippen LogP contribution in [0.1, 0.15) is 11.4 Å². The molecule has 0 saturated heterocycles. The van der Waals surface area contributed by atoms with E-state index in [0.29, 0.717) is 24.7 Å². The van der Waals surface area contributed by atoms with E-state index in [1.165, 1.54) is 0 Å². The van der Waals surface area contributed by atoms with Gasteiger partial charge in [0.1, 0.15) is 5.82 Å². The van der Waals surface area contributed by atoms with Crippen LogP contribution in [0.2, 0.25) is 0 Å². The van der Waals surface area contributed by atoms with Gasteiger partial charge in [-0.3, -0.25) is 0 Å². The average molecular weight is 245 g/mol. The molecule has 6 heteroatoms. The van der Waals surface area contributed by atoms with Crippen LogP contribution in [0, 0.1) is 0 Å². The number of hydrogen-bond donors (Lipinski definition) is 3. The van der Waals surface area contributed by atoms with E-state index in [2.05, 4.69) is 20.3 Å². The lowest BCUT2D eigenvalue weighted by molar-refractivity contribution is 0.296. The van der Waals surface area contributed by atoms with Crippen molar-refractivity contribution in [3.8, 4) is 0 Å². The van der Waals surface area contributed by atoms with Crippen LogP contribution in [0.15, 0.2) is 30.3 Å². The molecule has 18 heavy (non-hydrogen) atoms. The van der Waals surface area contributed by atoms with Crippen molar-refractivity contribution in [1.29, 1.82) is 0 Å². The van der Waals surface area contributed by atoms with Gasteiger partial charge in [0.2, 0.25) is 11.9 Å². The lowest BCUT2D eigenvalue weighted by Gasteiger charge is -2.06. The number of hydrogen-bond acceptors (Lipinski definition) is 6. The fourth-order valence-corrected chi connectivity index (χ4v) is 1.51. The molecule has 0 aliphatic carbocycles. The van der Waals surface area contributed by atoms with E-state index in [1.54, 1.807) is 0 Å². The fraction of sp³-hybridized carbons (Fsp3) is 0.250. The second kappa shape index (κ2) is 5.92. The second-order valence-electron chi connectivity index (χ2n) is 3.75. The zero-order valence-electron chi connectivity index (χ0n) is 9.87. The normalized spacial score (nSPS) is 10.3. The molecule has 2 rings (SSSR count). The Morgan fingerprint density at radius 1 is 1.11 bits per heavy atom. The molecule has 0 spiro atoms. The summed E-state index contributed by atoms with van der Waals surface area (Å²) in [4.78, 5) is 12.1. The van der Waals surface area contributed by atoms with Gasteiger partial charge >= 0.3 is 0 Å². The van der Waals surface area contributed by atoms with Crippen LogP contribution < -0.4 is 11.1 Å². The lowest BCUT2D eigenvalue weighted by atomic mass is 10.2. The highest BCUT2D eigenvalue weighted by atomic mass is 16.3. The summed E-state index contributed by atoms with van der Waals surface area (Å²) in [5.74, 6) is 1.07. The molecule has 94 valence electrons. The number of nitrogen functional groups attached to an aromatic ring is 1. The van der Waals surface area contributed by atoms with E-state index in [1.807, 2.05) is 30.3 Å². The zero-order chi connectivity index (χ0) is 12.8. The van der Waals surface area contributed by atoms with Crippen molar-refractivity contribution in [2.45, 2.75) is 13.0 Å². The van der Waals surface area contributed by atoms with E-state index in [-0.39, 0.29) is 12.6 Å². The molecule has 1 heterocycles. The summed E-state index contributed by atoms with van der Waals surface area (Å²) in [6.45, 7) is 0.602. The van der Waals surface area contributed by atoms with Gasteiger partial charge in [0.15, 0.2) is 0 Å². The number of nitrogens with zero attached hydrogens (tertiary/aromatic N) is 3. The first-order valence-electron chi connectivity index (χ1n) is 5.67. The van der Waals surface area contributed by atoms with E-state index in [9.17, 15) is 0 Å². The molecule has 0 radical (unpaired) electrons. The standard InChI is InChI=1S/C12H15N5O/c13-11-15-10(6-7-18)16-12(17-11)14-8-9-4-2-1-3-5-9/h1-5,18H,6-8H2,(H3,13,14,15,16,17). The molecule has 0 amide bonds. The average Bonchev–Trinajstić information content (AvgIpc) is 2.37. The molecule has 0 aliphatic rings. The number of anilines is 2. The van der Waals surface area contributed by atoms with Crippen molar-refractivity contribution >= 4 is 11.9 Å². The molecule has 0 aliphatic heterocycles. The maximum atomic E-state index is 8.85. The fourth-order valence-electron chi connectivity index (χ4n) is 1.51. The molecule has 0 atom stereocenters. The van der Waals surface area contributed by atoms with Gasteiger partial charge in [0.05, 0.1) is 6.61 Å². The molecule has 0 fully saturated rings. The molecule has 1 aromatic carbocycles. The SMILES string of the molecule is Nc1nc(CCO)nc(NCc2ccccc2)n1. The van der Waals surface area contributed by atoms with Crippen molar-refractivity contribution in [3.63, 3.8) is 0 Å². The third kappa shape index (κ3) is 3.39. The molecule has 0 bridgehead atoms. The van der Waals surface area contributed by atoms with Crippen molar-refractivity contribution in [3.05, 3.63) is 41.7 Å². The molecule has 4 N–H and O–H groups in total. The van der Waals surface area contributed by atoms with Gasteiger partial charge in [-0.1, -0.05) is 30.3 Å². The van der Waals surface area contributed by atoms with Crippen molar-refractivity contribution in [1.82, 2.24) is 15.0 Å². The first kappa shape index (κ1) is 12.3. The highest BCUT2D eigenvalue weighted by molar-refractivity contribution is 5.32. The summed E-state index contributed by atoms with van der Waals surface area (Å²) in [5.41, 5.74) is 6.70. The Morgan fingerprint density at radius 2 is 1.89 bits per heavy atom. The van der Waals surface area contributed by atoms with Crippen LogP contribution in [0.3, 0.4) is 0 Å².